The van der Waals surface area contributed by atoms with E-state index in [4.69, 9.17) is 0 Å². The molecule has 1 saturated heterocycles. The van der Waals surface area contributed by atoms with Crippen LogP contribution in [0.25, 0.3) is 10.9 Å². The Morgan fingerprint density at radius 1 is 0.972 bits per heavy atom. The summed E-state index contributed by atoms with van der Waals surface area (Å²) in [6.07, 6.45) is 1.67. The number of nitrogens with zero attached hydrogens (tertiary/aromatic N) is 3. The van der Waals surface area contributed by atoms with Crippen LogP contribution in [0.5, 0.6) is 0 Å². The van der Waals surface area contributed by atoms with Crippen molar-refractivity contribution in [1.82, 2.24) is 25.3 Å². The number of fused-ring (bicyclic) bond motifs is 1. The zero-order chi connectivity index (χ0) is 25.3. The van der Waals surface area contributed by atoms with Crippen molar-refractivity contribution >= 4 is 22.7 Å². The Balaban J connectivity index is 1.03. The van der Waals surface area contributed by atoms with Crippen molar-refractivity contribution in [3.05, 3.63) is 65.9 Å². The molecule has 10 heteroatoms. The number of carbonyl (C=O) groups is 2. The number of carbonyl (C=O) groups excluding carboxylic acids is 2. The molecule has 3 aromatic rings. The van der Waals surface area contributed by atoms with Crippen LogP contribution in [0.1, 0.15) is 47.6 Å². The van der Waals surface area contributed by atoms with Gasteiger partial charge in [-0.15, -0.1) is 0 Å². The topological polar surface area (TPSA) is 79.3 Å². The fraction of sp³-hybridized carbons (Fsp3) is 0.423. The Morgan fingerprint density at radius 3 is 2.44 bits per heavy atom. The van der Waals surface area contributed by atoms with Crippen molar-refractivity contribution < 1.29 is 22.8 Å². The third-order valence-electron chi connectivity index (χ3n) is 7.17. The number of alkyl halides is 3. The normalized spacial score (nSPS) is 21.2. The molecule has 190 valence electrons. The number of halogens is 3. The van der Waals surface area contributed by atoms with Crippen LogP contribution in [-0.4, -0.2) is 58.2 Å². The van der Waals surface area contributed by atoms with Crippen LogP contribution in [0.2, 0.25) is 0 Å². The highest BCUT2D eigenvalue weighted by molar-refractivity contribution is 5.96. The first-order chi connectivity index (χ1) is 17.3. The lowest BCUT2D eigenvalue weighted by atomic mass is 9.88. The van der Waals surface area contributed by atoms with E-state index in [-0.39, 0.29) is 24.1 Å². The summed E-state index contributed by atoms with van der Waals surface area (Å²) in [6, 6.07) is 13.3. The van der Waals surface area contributed by atoms with Gasteiger partial charge in [0.15, 0.2) is 0 Å². The van der Waals surface area contributed by atoms with Gasteiger partial charge in [0.05, 0.1) is 35.9 Å². The Morgan fingerprint density at radius 2 is 1.69 bits per heavy atom. The monoisotopic (exact) mass is 499 g/mol. The van der Waals surface area contributed by atoms with Gasteiger partial charge in [0.2, 0.25) is 5.91 Å². The van der Waals surface area contributed by atoms with Gasteiger partial charge in [0.25, 0.3) is 5.91 Å². The van der Waals surface area contributed by atoms with E-state index in [0.717, 1.165) is 56.3 Å². The van der Waals surface area contributed by atoms with Crippen LogP contribution >= 0.6 is 0 Å². The molecular weight excluding hydrogens is 471 g/mol. The summed E-state index contributed by atoms with van der Waals surface area (Å²) in [5.41, 5.74) is 0.139. The molecule has 1 saturated carbocycles. The fourth-order valence-corrected chi connectivity index (χ4v) is 5.23. The Bertz CT molecular complexity index is 1240. The number of amides is 2. The van der Waals surface area contributed by atoms with Gasteiger partial charge < -0.3 is 10.6 Å². The first-order valence-corrected chi connectivity index (χ1v) is 12.2. The van der Waals surface area contributed by atoms with E-state index < -0.39 is 17.6 Å². The maximum absolute atomic E-state index is 12.8. The van der Waals surface area contributed by atoms with Gasteiger partial charge in [-0.05, 0) is 49.9 Å². The average molecular weight is 500 g/mol. The molecule has 0 unspecified atom stereocenters. The highest BCUT2D eigenvalue weighted by Gasteiger charge is 2.36. The molecule has 2 fully saturated rings. The molecule has 0 spiro atoms. The number of hydrogen-bond acceptors (Lipinski definition) is 4. The molecule has 36 heavy (non-hydrogen) atoms. The predicted octanol–water partition coefficient (Wildman–Crippen LogP) is 3.77. The first-order valence-electron chi connectivity index (χ1n) is 12.2. The van der Waals surface area contributed by atoms with E-state index in [1.165, 1.54) is 17.6 Å². The van der Waals surface area contributed by atoms with Gasteiger partial charge in [-0.25, -0.2) is 0 Å². The third kappa shape index (κ3) is 5.23. The summed E-state index contributed by atoms with van der Waals surface area (Å²) in [6.45, 7) is 1.23. The van der Waals surface area contributed by atoms with Crippen LogP contribution in [0.15, 0.2) is 54.7 Å². The van der Waals surface area contributed by atoms with Crippen LogP contribution in [0.3, 0.4) is 0 Å². The van der Waals surface area contributed by atoms with Gasteiger partial charge in [0, 0.05) is 30.1 Å². The molecule has 1 aliphatic heterocycles. The second-order valence-corrected chi connectivity index (χ2v) is 9.59. The minimum Gasteiger partial charge on any atom is -0.349 e. The van der Waals surface area contributed by atoms with E-state index in [0.29, 0.717) is 12.1 Å². The number of para-hydroxylation sites is 1. The molecular formula is C26H28F3N5O2. The maximum atomic E-state index is 12.8. The van der Waals surface area contributed by atoms with E-state index in [2.05, 4.69) is 37.4 Å². The van der Waals surface area contributed by atoms with Crippen LogP contribution in [0.4, 0.5) is 13.2 Å². The lowest BCUT2D eigenvalue weighted by Gasteiger charge is -2.46. The van der Waals surface area contributed by atoms with Crippen molar-refractivity contribution in [2.75, 3.05) is 19.6 Å². The number of likely N-dealkylation sites (tertiary alicyclic amines) is 1. The molecule has 2 N–H and O–H groups in total. The van der Waals surface area contributed by atoms with Crippen molar-refractivity contribution in [2.24, 2.45) is 0 Å². The number of rotatable bonds is 6. The Hall–Kier alpha value is -3.40. The summed E-state index contributed by atoms with van der Waals surface area (Å²) in [4.78, 5) is 26.8. The lowest BCUT2D eigenvalue weighted by Crippen LogP contribution is -2.63. The summed E-state index contributed by atoms with van der Waals surface area (Å²) < 4.78 is 40.7. The largest absolute Gasteiger partial charge is 0.416 e. The molecule has 0 radical (unpaired) electrons. The highest BCUT2D eigenvalue weighted by Crippen LogP contribution is 2.34. The first kappa shape index (κ1) is 24.3. The van der Waals surface area contributed by atoms with Gasteiger partial charge >= 0.3 is 6.18 Å². The number of nitrogens with one attached hydrogen (secondary N) is 2. The molecule has 2 heterocycles. The molecule has 7 nitrogen and oxygen atoms in total. The van der Waals surface area contributed by atoms with Crippen molar-refractivity contribution in [2.45, 2.75) is 50.0 Å². The zero-order valence-corrected chi connectivity index (χ0v) is 19.7. The van der Waals surface area contributed by atoms with Crippen molar-refractivity contribution in [3.63, 3.8) is 0 Å². The smallest absolute Gasteiger partial charge is 0.349 e. The molecule has 2 amide bonds. The second kappa shape index (κ2) is 9.93. The van der Waals surface area contributed by atoms with Crippen molar-refractivity contribution in [3.8, 4) is 0 Å². The standard InChI is InChI=1S/C26H28F3N5O2/c27-26(28,29)19-6-3-5-17(12-19)25(36)30-14-24(35)32-20-15-33(16-20)21-8-10-22(11-9-21)34-23-7-2-1-4-18(23)13-31-34/h1-7,12-13,20-22H,8-11,14-16H2,(H,30,36)(H,32,35). The number of hydrogen-bond donors (Lipinski definition) is 2. The minimum absolute atomic E-state index is 0.00995. The zero-order valence-electron chi connectivity index (χ0n) is 19.7. The third-order valence-corrected chi connectivity index (χ3v) is 7.17. The summed E-state index contributed by atoms with van der Waals surface area (Å²) >= 11 is 0. The molecule has 5 rings (SSSR count). The van der Waals surface area contributed by atoms with Gasteiger partial charge in [0.1, 0.15) is 0 Å². The molecule has 2 aromatic carbocycles. The maximum Gasteiger partial charge on any atom is 0.416 e. The predicted molar refractivity (Wildman–Crippen MR) is 128 cm³/mol. The van der Waals surface area contributed by atoms with E-state index in [1.807, 2.05) is 18.3 Å². The quantitative estimate of drug-likeness (QED) is 0.541. The second-order valence-electron chi connectivity index (χ2n) is 9.59. The van der Waals surface area contributed by atoms with E-state index in [1.54, 1.807) is 0 Å². The fourth-order valence-electron chi connectivity index (χ4n) is 5.23. The molecule has 2 aliphatic rings. The summed E-state index contributed by atoms with van der Waals surface area (Å²) in [7, 11) is 0. The van der Waals surface area contributed by atoms with Crippen LogP contribution in [-0.2, 0) is 11.0 Å². The van der Waals surface area contributed by atoms with Crippen LogP contribution in [0, 0.1) is 0 Å². The molecule has 0 atom stereocenters. The van der Waals surface area contributed by atoms with Crippen LogP contribution < -0.4 is 10.6 Å². The van der Waals surface area contributed by atoms with Gasteiger partial charge in [-0.2, -0.15) is 18.3 Å². The molecule has 1 aliphatic carbocycles. The Labute approximate surface area is 206 Å². The summed E-state index contributed by atoms with van der Waals surface area (Å²) in [5, 5.41) is 11.1. The lowest BCUT2D eigenvalue weighted by molar-refractivity contribution is -0.137. The number of benzene rings is 2. The van der Waals surface area contributed by atoms with Gasteiger partial charge in [-0.1, -0.05) is 24.3 Å². The SMILES string of the molecule is O=C(CNC(=O)c1cccc(C(F)(F)F)c1)NC1CN(C2CCC(n3ncc4ccccc43)CC2)C1. The Kier molecular flexibility index (Phi) is 6.70. The molecule has 1 aromatic heterocycles. The van der Waals surface area contributed by atoms with Crippen molar-refractivity contribution in [1.29, 1.82) is 0 Å². The highest BCUT2D eigenvalue weighted by atomic mass is 19.4. The minimum atomic E-state index is -4.53. The molecule has 0 bridgehead atoms. The van der Waals surface area contributed by atoms with Gasteiger partial charge in [-0.3, -0.25) is 19.2 Å². The average Bonchev–Trinajstić information content (AvgIpc) is 3.28. The summed E-state index contributed by atoms with van der Waals surface area (Å²) in [5.74, 6) is -1.07. The van der Waals surface area contributed by atoms with E-state index >= 15 is 0 Å². The van der Waals surface area contributed by atoms with E-state index in [9.17, 15) is 22.8 Å². The number of aromatic nitrogens is 2.